The summed E-state index contributed by atoms with van der Waals surface area (Å²) in [7, 11) is 0. The number of carbonyl (C=O) groups is 1. The Labute approximate surface area is 173 Å². The van der Waals surface area contributed by atoms with Crippen molar-refractivity contribution in [3.8, 4) is 24.2 Å². The van der Waals surface area contributed by atoms with Gasteiger partial charge in [-0.1, -0.05) is 84.4 Å². The van der Waals surface area contributed by atoms with E-state index in [4.69, 9.17) is 18.0 Å². The van der Waals surface area contributed by atoms with E-state index in [9.17, 15) is 4.79 Å². The van der Waals surface area contributed by atoms with E-state index in [-0.39, 0.29) is 30.5 Å². The summed E-state index contributed by atoms with van der Waals surface area (Å²) in [4.78, 5) is 12.8. The van der Waals surface area contributed by atoms with E-state index in [0.717, 1.165) is 0 Å². The molecule has 0 amide bonds. The molecule has 3 rings (SSSR count). The lowest BCUT2D eigenvalue weighted by atomic mass is 9.89. The molecule has 1 unspecified atom stereocenters. The van der Waals surface area contributed by atoms with Crippen LogP contribution in [0.5, 0.6) is 0 Å². The predicted molar refractivity (Wildman–Crippen MR) is 111 cm³/mol. The summed E-state index contributed by atoms with van der Waals surface area (Å²) >= 11 is 0. The van der Waals surface area contributed by atoms with Gasteiger partial charge in [-0.2, -0.15) is 0 Å². The Morgan fingerprint density at radius 1 is 1.00 bits per heavy atom. The molecule has 0 aliphatic heterocycles. The molecular formula is C26H20O2. The minimum Gasteiger partial charge on any atom is -0.438 e. The van der Waals surface area contributed by atoms with Gasteiger partial charge in [-0.15, -0.1) is 6.42 Å². The molecule has 136 valence electrons. The van der Waals surface area contributed by atoms with Gasteiger partial charge >= 0.3 is 5.97 Å². The first-order valence-corrected chi connectivity index (χ1v) is 8.68. The van der Waals surface area contributed by atoms with E-state index in [1.807, 2.05) is 6.07 Å². The second-order valence-corrected chi connectivity index (χ2v) is 5.89. The fourth-order valence-electron chi connectivity index (χ4n) is 2.64. The molecule has 28 heavy (non-hydrogen) atoms. The number of hydrogen-bond donors (Lipinski definition) is 0. The maximum absolute atomic E-state index is 12.8. The highest BCUT2D eigenvalue weighted by Crippen LogP contribution is 2.31. The van der Waals surface area contributed by atoms with Crippen LogP contribution in [0.25, 0.3) is 0 Å². The zero-order valence-electron chi connectivity index (χ0n) is 20.1. The van der Waals surface area contributed by atoms with Crippen molar-refractivity contribution >= 4 is 5.97 Å². The maximum Gasteiger partial charge on any atom is 0.339 e. The number of esters is 1. The van der Waals surface area contributed by atoms with Crippen LogP contribution in [0.4, 0.5) is 0 Å². The first-order valence-electron chi connectivity index (χ1n) is 11.2. The molecule has 0 N–H and O–H groups in total. The van der Waals surface area contributed by atoms with Crippen molar-refractivity contribution < 1.29 is 16.4 Å². The van der Waals surface area contributed by atoms with Crippen LogP contribution in [-0.4, -0.2) is 5.97 Å². The van der Waals surface area contributed by atoms with Crippen molar-refractivity contribution in [2.45, 2.75) is 18.4 Å². The van der Waals surface area contributed by atoms with Crippen LogP contribution in [0.2, 0.25) is 0 Å². The monoisotopic (exact) mass is 369 g/mol. The molecule has 3 aromatic rings. The van der Waals surface area contributed by atoms with Crippen molar-refractivity contribution in [2.75, 3.05) is 0 Å². The molecule has 0 fully saturated rings. The molecule has 3 aromatic carbocycles. The van der Waals surface area contributed by atoms with Gasteiger partial charge in [0.15, 0.2) is 5.60 Å². The van der Waals surface area contributed by atoms with Gasteiger partial charge in [0.1, 0.15) is 0 Å². The normalized spacial score (nSPS) is 14.5. The summed E-state index contributed by atoms with van der Waals surface area (Å²) in [6, 6.07) is 15.3. The fraction of sp³-hybridized carbons (Fsp3) is 0.115. The summed E-state index contributed by atoms with van der Waals surface area (Å²) in [5.41, 5.74) is -0.504. The van der Waals surface area contributed by atoms with Crippen LogP contribution in [-0.2, 0) is 10.3 Å². The van der Waals surface area contributed by atoms with E-state index in [0.29, 0.717) is 11.1 Å². The molecule has 0 radical (unpaired) electrons. The van der Waals surface area contributed by atoms with Gasteiger partial charge in [0.2, 0.25) is 0 Å². The Balaban J connectivity index is 1.91. The van der Waals surface area contributed by atoms with Crippen molar-refractivity contribution in [3.63, 3.8) is 0 Å². The number of ether oxygens (including phenoxy) is 1. The second kappa shape index (κ2) is 9.26. The van der Waals surface area contributed by atoms with E-state index < -0.39 is 29.7 Å². The summed E-state index contributed by atoms with van der Waals surface area (Å²) in [5.74, 6) is 7.53. The molecule has 0 spiro atoms. The Kier molecular flexibility index (Phi) is 4.44. The van der Waals surface area contributed by atoms with E-state index >= 15 is 0 Å². The lowest BCUT2D eigenvalue weighted by Crippen LogP contribution is -2.31. The summed E-state index contributed by atoms with van der Waals surface area (Å²) in [6.07, 6.45) is 6.16. The molecule has 0 aliphatic rings. The van der Waals surface area contributed by atoms with Gasteiger partial charge in [-0.05, 0) is 24.2 Å². The molecular weight excluding hydrogens is 344 g/mol. The largest absolute Gasteiger partial charge is 0.438 e. The molecule has 0 saturated heterocycles. The van der Waals surface area contributed by atoms with Crippen molar-refractivity contribution in [1.82, 2.24) is 0 Å². The standard InChI is InChI=1S/C26H20O2/c1-2-26(24-19-10-5-11-20-24,28-25(27)23-17-8-4-9-18-23)21-13-12-16-22-14-6-3-7-15-22/h1,3-11,14-15,17-20H,13,21H2/i3D,6D,7D,14D,15D. The SMILES string of the molecule is [2H]c1c([2H])c([2H])c(C#CCCC(C#C)(OC(=O)c2ccccc2)c2ccccc2)c([2H])c1[2H]. The molecule has 2 nitrogen and oxygen atoms in total. The van der Waals surface area contributed by atoms with Gasteiger partial charge in [0.05, 0.1) is 12.4 Å². The molecule has 0 saturated carbocycles. The summed E-state index contributed by atoms with van der Waals surface area (Å²) in [6.45, 7) is 0. The maximum atomic E-state index is 12.8. The smallest absolute Gasteiger partial charge is 0.339 e. The average molecular weight is 369 g/mol. The topological polar surface area (TPSA) is 26.3 Å². The third kappa shape index (κ3) is 4.70. The minimum absolute atomic E-state index is 0.0895. The zero-order valence-corrected chi connectivity index (χ0v) is 15.1. The Hall–Kier alpha value is -3.75. The van der Waals surface area contributed by atoms with Crippen LogP contribution in [0.15, 0.2) is 90.9 Å². The lowest BCUT2D eigenvalue weighted by molar-refractivity contribution is 0.00309. The number of rotatable bonds is 5. The van der Waals surface area contributed by atoms with Crippen molar-refractivity contribution in [3.05, 3.63) is 108 Å². The Bertz CT molecular complexity index is 1240. The van der Waals surface area contributed by atoms with Gasteiger partial charge in [-0.3, -0.25) is 0 Å². The number of carbonyl (C=O) groups excluding carboxylic acids is 1. The molecule has 0 aromatic heterocycles. The van der Waals surface area contributed by atoms with Crippen LogP contribution in [0.1, 0.15) is 41.2 Å². The highest BCUT2D eigenvalue weighted by molar-refractivity contribution is 5.89. The number of benzene rings is 3. The van der Waals surface area contributed by atoms with Crippen molar-refractivity contribution in [2.24, 2.45) is 0 Å². The fourth-order valence-corrected chi connectivity index (χ4v) is 2.64. The molecule has 2 heteroatoms. The van der Waals surface area contributed by atoms with Gasteiger partial charge in [0.25, 0.3) is 0 Å². The molecule has 1 atom stereocenters. The number of terminal acetylenes is 1. The van der Waals surface area contributed by atoms with E-state index in [2.05, 4.69) is 17.8 Å². The van der Waals surface area contributed by atoms with Crippen LogP contribution in [0, 0.1) is 24.2 Å². The lowest BCUT2D eigenvalue weighted by Gasteiger charge is -2.28. The second-order valence-electron chi connectivity index (χ2n) is 5.89. The van der Waals surface area contributed by atoms with E-state index in [1.165, 1.54) is 0 Å². The highest BCUT2D eigenvalue weighted by Gasteiger charge is 2.34. The summed E-state index contributed by atoms with van der Waals surface area (Å²) in [5, 5.41) is 0. The van der Waals surface area contributed by atoms with Crippen LogP contribution in [0.3, 0.4) is 0 Å². The zero-order chi connectivity index (χ0) is 24.0. The van der Waals surface area contributed by atoms with Crippen LogP contribution < -0.4 is 0 Å². The molecule has 0 aliphatic carbocycles. The average Bonchev–Trinajstić information content (AvgIpc) is 2.86. The molecule has 0 heterocycles. The van der Waals surface area contributed by atoms with Gasteiger partial charge < -0.3 is 4.74 Å². The third-order valence-electron chi connectivity index (χ3n) is 4.07. The molecule has 0 bridgehead atoms. The predicted octanol–water partition coefficient (Wildman–Crippen LogP) is 5.20. The number of hydrogen-bond acceptors (Lipinski definition) is 2. The van der Waals surface area contributed by atoms with E-state index in [1.54, 1.807) is 54.6 Å². The minimum atomic E-state index is -1.39. The van der Waals surface area contributed by atoms with Crippen LogP contribution >= 0.6 is 0 Å². The third-order valence-corrected chi connectivity index (χ3v) is 4.07. The van der Waals surface area contributed by atoms with Gasteiger partial charge in [-0.25, -0.2) is 4.79 Å². The first kappa shape index (κ1) is 13.4. The Morgan fingerprint density at radius 3 is 2.29 bits per heavy atom. The first-order chi connectivity index (χ1) is 15.8. The summed E-state index contributed by atoms with van der Waals surface area (Å²) < 4.78 is 44.9. The Morgan fingerprint density at radius 2 is 1.64 bits per heavy atom. The highest BCUT2D eigenvalue weighted by atomic mass is 16.6. The quantitative estimate of drug-likeness (QED) is 0.456. The van der Waals surface area contributed by atoms with Crippen molar-refractivity contribution in [1.29, 1.82) is 0 Å². The van der Waals surface area contributed by atoms with Gasteiger partial charge in [0, 0.05) is 24.0 Å².